The molecule has 3 aromatic heterocycles. The first kappa shape index (κ1) is 22.6. The van der Waals surface area contributed by atoms with E-state index in [0.717, 1.165) is 16.7 Å². The number of carboxylic acid groups (broad SMARTS) is 1. The number of pyridine rings is 1. The van der Waals surface area contributed by atoms with E-state index in [0.29, 0.717) is 38.2 Å². The molecule has 0 aliphatic heterocycles. The maximum absolute atomic E-state index is 11.0. The highest BCUT2D eigenvalue weighted by Gasteiger charge is 2.17. The highest BCUT2D eigenvalue weighted by atomic mass is 35.5. The monoisotopic (exact) mass is 508 g/mol. The summed E-state index contributed by atoms with van der Waals surface area (Å²) in [6, 6.07) is 12.7. The molecule has 0 unspecified atom stereocenters. The first-order valence-corrected chi connectivity index (χ1v) is 11.5. The van der Waals surface area contributed by atoms with Gasteiger partial charge in [-0.15, -0.1) is 21.5 Å². The highest BCUT2D eigenvalue weighted by Crippen LogP contribution is 2.37. The second-order valence-electron chi connectivity index (χ2n) is 7.53. The quantitative estimate of drug-likeness (QED) is 0.257. The first-order valence-electron chi connectivity index (χ1n) is 10.3. The minimum absolute atomic E-state index is 0.129. The average Bonchev–Trinajstić information content (AvgIpc) is 3.49. The Labute approximate surface area is 207 Å². The number of rotatable bonds is 6. The molecule has 3 heterocycles. The second kappa shape index (κ2) is 9.24. The number of hydrogen-bond donors (Lipinski definition) is 2. The van der Waals surface area contributed by atoms with Crippen LogP contribution in [0.15, 0.2) is 58.5 Å². The fourth-order valence-corrected chi connectivity index (χ4v) is 4.61. The van der Waals surface area contributed by atoms with Gasteiger partial charge in [0.2, 0.25) is 11.8 Å². The topological polar surface area (TPSA) is 134 Å². The maximum atomic E-state index is 11.0. The zero-order valence-corrected chi connectivity index (χ0v) is 19.8. The molecule has 0 bridgehead atoms. The van der Waals surface area contributed by atoms with Crippen LogP contribution in [0.2, 0.25) is 5.02 Å². The molecule has 0 saturated carbocycles. The maximum Gasteiger partial charge on any atom is 0.511 e. The second-order valence-corrected chi connectivity index (χ2v) is 8.85. The molecule has 5 rings (SSSR count). The molecule has 0 aliphatic carbocycles. The molecular weight excluding hydrogens is 492 g/mol. The highest BCUT2D eigenvalue weighted by molar-refractivity contribution is 7.17. The summed E-state index contributed by atoms with van der Waals surface area (Å²) in [4.78, 5) is 15.0. The molecule has 0 amide bonds. The van der Waals surface area contributed by atoms with Gasteiger partial charge in [-0.25, -0.2) is 9.78 Å². The third-order valence-corrected chi connectivity index (χ3v) is 6.50. The lowest BCUT2D eigenvalue weighted by Crippen LogP contribution is -2.04. The molecule has 0 radical (unpaired) electrons. The van der Waals surface area contributed by atoms with Gasteiger partial charge in [0.1, 0.15) is 18.2 Å². The van der Waals surface area contributed by atoms with Crippen molar-refractivity contribution < 1.29 is 23.8 Å². The number of hydrogen-bond acceptors (Lipinski definition) is 9. The molecule has 11 heteroatoms. The summed E-state index contributed by atoms with van der Waals surface area (Å²) in [5, 5.41) is 20.3. The number of carbonyl (C=O) groups is 1. The summed E-state index contributed by atoms with van der Waals surface area (Å²) in [6.45, 7) is 2.11. The van der Waals surface area contributed by atoms with Crippen LogP contribution in [0.4, 0.5) is 10.6 Å². The molecule has 0 aliphatic rings. The van der Waals surface area contributed by atoms with Crippen LogP contribution in [0.3, 0.4) is 0 Å². The number of benzene rings is 2. The average molecular weight is 509 g/mol. The molecular formula is C24H17ClN4O5S. The molecule has 35 heavy (non-hydrogen) atoms. The predicted molar refractivity (Wildman–Crippen MR) is 132 cm³/mol. The Morgan fingerprint density at radius 2 is 1.83 bits per heavy atom. The van der Waals surface area contributed by atoms with Gasteiger partial charge < -0.3 is 24.7 Å². The Hall–Kier alpha value is -4.15. The Morgan fingerprint density at radius 1 is 1.11 bits per heavy atom. The zero-order chi connectivity index (χ0) is 24.5. The van der Waals surface area contributed by atoms with Crippen molar-refractivity contribution in [1.29, 1.82) is 0 Å². The zero-order valence-electron chi connectivity index (χ0n) is 18.2. The number of halogens is 1. The van der Waals surface area contributed by atoms with Crippen molar-refractivity contribution >= 4 is 45.0 Å². The van der Waals surface area contributed by atoms with Crippen molar-refractivity contribution in [2.75, 3.05) is 5.73 Å². The van der Waals surface area contributed by atoms with E-state index in [1.807, 2.05) is 42.6 Å². The molecule has 0 atom stereocenters. The van der Waals surface area contributed by atoms with Crippen molar-refractivity contribution in [3.05, 3.63) is 70.2 Å². The number of nitrogens with zero attached hydrogens (tertiary/aromatic N) is 3. The van der Waals surface area contributed by atoms with Crippen LogP contribution >= 0.6 is 22.9 Å². The van der Waals surface area contributed by atoms with E-state index in [-0.39, 0.29) is 18.2 Å². The third-order valence-electron chi connectivity index (χ3n) is 5.20. The van der Waals surface area contributed by atoms with Crippen LogP contribution in [0.5, 0.6) is 11.5 Å². The first-order chi connectivity index (χ1) is 16.9. The van der Waals surface area contributed by atoms with Gasteiger partial charge in [-0.2, -0.15) is 0 Å². The van der Waals surface area contributed by atoms with Gasteiger partial charge >= 0.3 is 6.16 Å². The van der Waals surface area contributed by atoms with Gasteiger partial charge in [-0.3, -0.25) is 0 Å². The minimum Gasteiger partial charge on any atom is -0.489 e. The van der Waals surface area contributed by atoms with Gasteiger partial charge in [0.15, 0.2) is 5.75 Å². The number of aryl methyl sites for hydroxylation is 1. The normalized spacial score (nSPS) is 11.0. The van der Waals surface area contributed by atoms with E-state index in [4.69, 9.17) is 36.3 Å². The van der Waals surface area contributed by atoms with E-state index in [1.165, 1.54) is 17.5 Å². The van der Waals surface area contributed by atoms with Crippen molar-refractivity contribution in [3.8, 4) is 34.4 Å². The number of nitrogen functional groups attached to an aromatic ring is 1. The lowest BCUT2D eigenvalue weighted by atomic mass is 10.1. The van der Waals surface area contributed by atoms with Crippen LogP contribution in [0, 0.1) is 6.92 Å². The molecule has 0 saturated heterocycles. The Bertz CT molecular complexity index is 1550. The lowest BCUT2D eigenvalue weighted by Gasteiger charge is -2.10. The number of anilines is 1. The summed E-state index contributed by atoms with van der Waals surface area (Å²) in [5.41, 5.74) is 9.20. The fraction of sp³-hybridized carbons (Fsp3) is 0.0833. The largest absolute Gasteiger partial charge is 0.511 e. The number of fused-ring (bicyclic) bond motifs is 1. The van der Waals surface area contributed by atoms with Crippen molar-refractivity contribution in [2.45, 2.75) is 13.5 Å². The van der Waals surface area contributed by atoms with Crippen LogP contribution < -0.4 is 15.2 Å². The number of ether oxygens (including phenoxy) is 2. The summed E-state index contributed by atoms with van der Waals surface area (Å²) in [7, 11) is 0. The molecule has 0 spiro atoms. The van der Waals surface area contributed by atoms with Crippen molar-refractivity contribution in [2.24, 2.45) is 0 Å². The van der Waals surface area contributed by atoms with Crippen molar-refractivity contribution in [1.82, 2.24) is 15.2 Å². The molecule has 0 fully saturated rings. The van der Waals surface area contributed by atoms with Crippen LogP contribution in [-0.2, 0) is 6.61 Å². The number of aromatic nitrogens is 3. The van der Waals surface area contributed by atoms with E-state index in [1.54, 1.807) is 12.1 Å². The van der Waals surface area contributed by atoms with Gasteiger partial charge in [-0.05, 0) is 54.3 Å². The van der Waals surface area contributed by atoms with Crippen LogP contribution in [-0.4, -0.2) is 26.4 Å². The molecule has 5 aromatic rings. The molecule has 176 valence electrons. The summed E-state index contributed by atoms with van der Waals surface area (Å²) < 4.78 is 17.4. The Kier molecular flexibility index (Phi) is 5.98. The van der Waals surface area contributed by atoms with Crippen molar-refractivity contribution in [3.63, 3.8) is 0 Å². The summed E-state index contributed by atoms with van der Waals surface area (Å²) in [6.07, 6.45) is -0.125. The van der Waals surface area contributed by atoms with Crippen LogP contribution in [0.25, 0.3) is 33.0 Å². The SMILES string of the molecule is Cc1ccc(-c2nnc(-c3ccc(Cl)cc3)o2)cc1OCc1csc2c(OC(=O)O)cnc(N)c12. The number of thiophene rings is 1. The molecule has 2 aromatic carbocycles. The van der Waals surface area contributed by atoms with E-state index in [9.17, 15) is 4.79 Å². The van der Waals surface area contributed by atoms with E-state index in [2.05, 4.69) is 15.2 Å². The minimum atomic E-state index is -1.42. The van der Waals surface area contributed by atoms with Gasteiger partial charge in [0.25, 0.3) is 0 Å². The van der Waals surface area contributed by atoms with E-state index >= 15 is 0 Å². The fourth-order valence-electron chi connectivity index (χ4n) is 3.47. The predicted octanol–water partition coefficient (Wildman–Crippen LogP) is 6.19. The Morgan fingerprint density at radius 3 is 2.57 bits per heavy atom. The summed E-state index contributed by atoms with van der Waals surface area (Å²) in [5.74, 6) is 1.75. The van der Waals surface area contributed by atoms with Gasteiger partial charge in [-0.1, -0.05) is 17.7 Å². The third kappa shape index (κ3) is 4.61. The Balaban J connectivity index is 1.39. The van der Waals surface area contributed by atoms with E-state index < -0.39 is 6.16 Å². The molecule has 3 N–H and O–H groups in total. The smallest absolute Gasteiger partial charge is 0.489 e. The van der Waals surface area contributed by atoms with Crippen LogP contribution in [0.1, 0.15) is 11.1 Å². The standard InChI is InChI=1S/C24H17ClN4O5S/c1-12-2-3-14(23-29-28-22(34-23)13-4-6-16(25)7-5-13)8-17(12)32-10-15-11-35-20-18(33-24(30)31)9-27-21(26)19(15)20/h2-9,11H,10H2,1H3,(H2,26,27)(H,30,31). The van der Waals surface area contributed by atoms with Gasteiger partial charge in [0.05, 0.1) is 10.9 Å². The number of nitrogens with two attached hydrogens (primary N) is 1. The molecule has 9 nitrogen and oxygen atoms in total. The lowest BCUT2D eigenvalue weighted by molar-refractivity contribution is 0.145. The summed E-state index contributed by atoms with van der Waals surface area (Å²) >= 11 is 7.26. The van der Waals surface area contributed by atoms with Gasteiger partial charge in [0, 0.05) is 27.1 Å².